The molecule has 0 aliphatic heterocycles. The number of ether oxygens (including phenoxy) is 3. The molecule has 0 saturated carbocycles. The molecule has 29 heavy (non-hydrogen) atoms. The Bertz CT molecular complexity index is 871. The fourth-order valence-corrected chi connectivity index (χ4v) is 3.11. The Morgan fingerprint density at radius 3 is 2.14 bits per heavy atom. The van der Waals surface area contributed by atoms with Crippen molar-refractivity contribution in [3.8, 4) is 17.2 Å². The number of nitrogens with one attached hydrogen (secondary N) is 1. The van der Waals surface area contributed by atoms with Gasteiger partial charge in [0.2, 0.25) is 0 Å². The molecule has 3 rings (SSSR count). The van der Waals surface area contributed by atoms with Gasteiger partial charge in [-0.25, -0.2) is 0 Å². The molecule has 0 saturated heterocycles. The highest BCUT2D eigenvalue weighted by Crippen LogP contribution is 2.31. The van der Waals surface area contributed by atoms with E-state index in [4.69, 9.17) is 14.2 Å². The summed E-state index contributed by atoms with van der Waals surface area (Å²) in [6, 6.07) is 24.3. The molecular weight excluding hydrogens is 386 g/mol. The molecule has 5 heteroatoms. The smallest absolute Gasteiger partial charge is 0.166 e. The van der Waals surface area contributed by atoms with Crippen LogP contribution in [0, 0.1) is 0 Å². The van der Waals surface area contributed by atoms with Gasteiger partial charge in [-0.05, 0) is 36.2 Å². The summed E-state index contributed by atoms with van der Waals surface area (Å²) in [6.07, 6.45) is 0.897. The second-order valence-corrected chi connectivity index (χ2v) is 6.46. The van der Waals surface area contributed by atoms with Gasteiger partial charge in [-0.15, -0.1) is 12.4 Å². The summed E-state index contributed by atoms with van der Waals surface area (Å²) in [5.41, 5.74) is 3.41. The minimum absolute atomic E-state index is 0. The summed E-state index contributed by atoms with van der Waals surface area (Å²) in [6.45, 7) is 2.06. The van der Waals surface area contributed by atoms with Crippen molar-refractivity contribution >= 4 is 12.4 Å². The van der Waals surface area contributed by atoms with Crippen LogP contribution in [-0.2, 0) is 19.6 Å². The molecule has 1 N–H and O–H groups in total. The van der Waals surface area contributed by atoms with Gasteiger partial charge in [0.15, 0.2) is 11.5 Å². The summed E-state index contributed by atoms with van der Waals surface area (Å²) in [7, 11) is 3.38. The van der Waals surface area contributed by atoms with E-state index in [2.05, 4.69) is 29.6 Å². The van der Waals surface area contributed by atoms with Crippen molar-refractivity contribution in [3.05, 3.63) is 89.5 Å². The minimum atomic E-state index is 0. The zero-order valence-electron chi connectivity index (χ0n) is 16.9. The minimum Gasteiger partial charge on any atom is -0.496 e. The van der Waals surface area contributed by atoms with Crippen molar-refractivity contribution < 1.29 is 14.2 Å². The zero-order valence-corrected chi connectivity index (χ0v) is 17.7. The highest BCUT2D eigenvalue weighted by molar-refractivity contribution is 5.85. The van der Waals surface area contributed by atoms with Crippen LogP contribution in [0.25, 0.3) is 0 Å². The monoisotopic (exact) mass is 413 g/mol. The quantitative estimate of drug-likeness (QED) is 0.473. The fraction of sp³-hybridized carbons (Fsp3) is 0.250. The van der Waals surface area contributed by atoms with E-state index < -0.39 is 0 Å². The predicted molar refractivity (Wildman–Crippen MR) is 119 cm³/mol. The highest BCUT2D eigenvalue weighted by atomic mass is 35.5. The summed E-state index contributed by atoms with van der Waals surface area (Å²) in [4.78, 5) is 0. The molecule has 0 atom stereocenters. The predicted octanol–water partition coefficient (Wildman–Crippen LogP) is 5.04. The molecule has 3 aromatic rings. The van der Waals surface area contributed by atoms with Gasteiger partial charge in [-0.1, -0.05) is 60.7 Å². The van der Waals surface area contributed by atoms with E-state index >= 15 is 0 Å². The van der Waals surface area contributed by atoms with Crippen LogP contribution in [-0.4, -0.2) is 20.8 Å². The van der Waals surface area contributed by atoms with Crippen LogP contribution < -0.4 is 19.5 Å². The van der Waals surface area contributed by atoms with Crippen LogP contribution in [0.2, 0.25) is 0 Å². The molecule has 154 valence electrons. The summed E-state index contributed by atoms with van der Waals surface area (Å²) >= 11 is 0. The Hall–Kier alpha value is -2.69. The fourth-order valence-electron chi connectivity index (χ4n) is 3.11. The Morgan fingerprint density at radius 2 is 1.38 bits per heavy atom. The first kappa shape index (κ1) is 22.6. The van der Waals surface area contributed by atoms with Gasteiger partial charge in [0.1, 0.15) is 12.4 Å². The maximum Gasteiger partial charge on any atom is 0.166 e. The number of benzene rings is 3. The first-order valence-corrected chi connectivity index (χ1v) is 9.47. The normalized spacial score (nSPS) is 10.1. The first-order chi connectivity index (χ1) is 13.8. The number of rotatable bonds is 10. The number of halogens is 1. The summed E-state index contributed by atoms with van der Waals surface area (Å²) in [5, 5.41) is 3.50. The molecule has 0 aliphatic rings. The number of hydrogen-bond acceptors (Lipinski definition) is 4. The molecule has 0 amide bonds. The maximum absolute atomic E-state index is 6.11. The average molecular weight is 414 g/mol. The average Bonchev–Trinajstić information content (AvgIpc) is 2.76. The van der Waals surface area contributed by atoms with Gasteiger partial charge in [0.25, 0.3) is 0 Å². The van der Waals surface area contributed by atoms with Crippen LogP contribution in [0.3, 0.4) is 0 Å². The molecule has 0 bridgehead atoms. The lowest BCUT2D eigenvalue weighted by molar-refractivity contribution is 0.280. The SMILES string of the molecule is COc1ccccc1CCNCc1cccc(OC)c1OCc1ccccc1.Cl. The second kappa shape index (κ2) is 12.0. The molecule has 0 fully saturated rings. The van der Waals surface area contributed by atoms with Gasteiger partial charge in [0, 0.05) is 12.1 Å². The molecule has 0 aromatic heterocycles. The number of methoxy groups -OCH3 is 2. The molecule has 3 aromatic carbocycles. The van der Waals surface area contributed by atoms with Crippen LogP contribution >= 0.6 is 12.4 Å². The van der Waals surface area contributed by atoms with Gasteiger partial charge in [-0.2, -0.15) is 0 Å². The highest BCUT2D eigenvalue weighted by Gasteiger charge is 2.11. The maximum atomic E-state index is 6.11. The second-order valence-electron chi connectivity index (χ2n) is 6.46. The van der Waals surface area contributed by atoms with Crippen molar-refractivity contribution in [2.45, 2.75) is 19.6 Å². The van der Waals surface area contributed by atoms with Crippen molar-refractivity contribution in [1.82, 2.24) is 5.32 Å². The molecule has 0 heterocycles. The summed E-state index contributed by atoms with van der Waals surface area (Å²) in [5.74, 6) is 2.47. The Labute approximate surface area is 179 Å². The lowest BCUT2D eigenvalue weighted by Crippen LogP contribution is -2.17. The van der Waals surface area contributed by atoms with Crippen molar-refractivity contribution in [1.29, 1.82) is 0 Å². The van der Waals surface area contributed by atoms with E-state index in [1.165, 1.54) is 5.56 Å². The molecule has 0 spiro atoms. The van der Waals surface area contributed by atoms with Crippen LogP contribution in [0.5, 0.6) is 17.2 Å². The Kier molecular flexibility index (Phi) is 9.35. The van der Waals surface area contributed by atoms with Gasteiger partial charge < -0.3 is 19.5 Å². The van der Waals surface area contributed by atoms with E-state index in [-0.39, 0.29) is 12.4 Å². The topological polar surface area (TPSA) is 39.7 Å². The van der Waals surface area contributed by atoms with Crippen LogP contribution in [0.15, 0.2) is 72.8 Å². The van der Waals surface area contributed by atoms with E-state index in [1.54, 1.807) is 14.2 Å². The third-order valence-electron chi connectivity index (χ3n) is 4.59. The van der Waals surface area contributed by atoms with Crippen LogP contribution in [0.1, 0.15) is 16.7 Å². The largest absolute Gasteiger partial charge is 0.496 e. The molecule has 0 aliphatic carbocycles. The molecular formula is C24H28ClNO3. The molecule has 0 unspecified atom stereocenters. The van der Waals surface area contributed by atoms with E-state index in [0.29, 0.717) is 13.2 Å². The Morgan fingerprint density at radius 1 is 0.724 bits per heavy atom. The first-order valence-electron chi connectivity index (χ1n) is 9.47. The Balaban J connectivity index is 0.00000300. The van der Waals surface area contributed by atoms with E-state index in [0.717, 1.165) is 41.3 Å². The lowest BCUT2D eigenvalue weighted by atomic mass is 10.1. The van der Waals surface area contributed by atoms with Gasteiger partial charge in [0.05, 0.1) is 14.2 Å². The third kappa shape index (κ3) is 6.41. The standard InChI is InChI=1S/C24H27NO3.ClH/c1-26-22-13-7-6-11-20(22)15-16-25-17-21-12-8-14-23(27-2)24(21)28-18-19-9-4-3-5-10-19;/h3-14,25H,15-18H2,1-2H3;1H. The zero-order chi connectivity index (χ0) is 19.6. The van der Waals surface area contributed by atoms with Gasteiger partial charge in [-0.3, -0.25) is 0 Å². The van der Waals surface area contributed by atoms with Crippen molar-refractivity contribution in [2.75, 3.05) is 20.8 Å². The number of hydrogen-bond donors (Lipinski definition) is 1. The van der Waals surface area contributed by atoms with Crippen molar-refractivity contribution in [2.24, 2.45) is 0 Å². The third-order valence-corrected chi connectivity index (χ3v) is 4.59. The van der Waals surface area contributed by atoms with Gasteiger partial charge >= 0.3 is 0 Å². The molecule has 0 radical (unpaired) electrons. The number of para-hydroxylation sites is 2. The van der Waals surface area contributed by atoms with Crippen molar-refractivity contribution in [3.63, 3.8) is 0 Å². The lowest BCUT2D eigenvalue weighted by Gasteiger charge is -2.16. The van der Waals surface area contributed by atoms with Crippen LogP contribution in [0.4, 0.5) is 0 Å². The summed E-state index contributed by atoms with van der Waals surface area (Å²) < 4.78 is 17.0. The van der Waals surface area contributed by atoms with E-state index in [1.807, 2.05) is 48.5 Å². The molecule has 4 nitrogen and oxygen atoms in total. The van der Waals surface area contributed by atoms with E-state index in [9.17, 15) is 0 Å².